The van der Waals surface area contributed by atoms with E-state index in [2.05, 4.69) is 10.7 Å². The molecule has 0 spiro atoms. The fourth-order valence-corrected chi connectivity index (χ4v) is 2.96. The van der Waals surface area contributed by atoms with Crippen LogP contribution in [0.3, 0.4) is 0 Å². The minimum absolute atomic E-state index is 0.00477. The number of carbonyl (C=O) groups excluding carboxylic acids is 2. The first kappa shape index (κ1) is 17.2. The third-order valence-corrected chi connectivity index (χ3v) is 3.86. The van der Waals surface area contributed by atoms with Crippen molar-refractivity contribution in [2.24, 2.45) is 11.7 Å². The van der Waals surface area contributed by atoms with Gasteiger partial charge in [-0.05, 0) is 5.92 Å². The Balaban J connectivity index is 0.000000433. The lowest BCUT2D eigenvalue weighted by Crippen LogP contribution is -3.09. The first-order chi connectivity index (χ1) is 10.8. The van der Waals surface area contributed by atoms with Gasteiger partial charge in [-0.15, -0.1) is 0 Å². The van der Waals surface area contributed by atoms with E-state index in [-0.39, 0.29) is 16.8 Å². The number of hydrogen-bond donors (Lipinski definition) is 3. The average molecular weight is 317 g/mol. The number of benzene rings is 1. The molecule has 0 aliphatic carbocycles. The van der Waals surface area contributed by atoms with Crippen molar-refractivity contribution in [2.75, 3.05) is 0 Å². The first-order valence-electron chi connectivity index (χ1n) is 7.72. The van der Waals surface area contributed by atoms with Crippen LogP contribution in [0.2, 0.25) is 0 Å². The number of nitrogens with two attached hydrogens (primary N) is 1. The second-order valence-corrected chi connectivity index (χ2v) is 6.36. The minimum atomic E-state index is -0.451. The molecule has 124 valence electrons. The molecule has 1 aliphatic heterocycles. The number of rotatable bonds is 2. The maximum absolute atomic E-state index is 12.6. The maximum Gasteiger partial charge on any atom is 0.214 e. The predicted octanol–water partition coefficient (Wildman–Crippen LogP) is 1.21. The summed E-state index contributed by atoms with van der Waals surface area (Å²) in [6.45, 7) is 5.40. The highest BCUT2D eigenvalue weighted by Gasteiger charge is 2.35. The Kier molecular flexibility index (Phi) is 5.18. The summed E-state index contributed by atoms with van der Waals surface area (Å²) in [5.74, 6) is 0.0889. The lowest BCUT2D eigenvalue weighted by molar-refractivity contribution is -0.797. The maximum atomic E-state index is 12.6. The summed E-state index contributed by atoms with van der Waals surface area (Å²) in [7, 11) is 0. The van der Waals surface area contributed by atoms with Gasteiger partial charge >= 0.3 is 0 Å². The fourth-order valence-electron chi connectivity index (χ4n) is 2.96. The molecule has 0 bridgehead atoms. The molecule has 1 amide bonds. The monoisotopic (exact) mass is 317 g/mol. The van der Waals surface area contributed by atoms with Gasteiger partial charge in [-0.3, -0.25) is 9.59 Å². The standard InChI is InChI=1S/C15H18N2O2.C2H5NO/c1-9(2)5-13-14(18)6-10-3-4-11-7-16-8-12(11)15(10)17(13)19;1-2(3)4/h3-4,7-9,13,16-17H,5-6H2,1-2H3;1H3,(H2,3,4). The molecule has 6 nitrogen and oxygen atoms in total. The highest BCUT2D eigenvalue weighted by molar-refractivity contribution is 5.96. The SMILES string of the molecule is CC(C)CC1C(=O)Cc2ccc3c[nH]cc3c2[NH+]1[O-].CC(N)=O. The van der Waals surface area contributed by atoms with Crippen molar-refractivity contribution in [1.82, 2.24) is 4.98 Å². The van der Waals surface area contributed by atoms with Gasteiger partial charge < -0.3 is 21.0 Å². The zero-order valence-electron chi connectivity index (χ0n) is 13.7. The largest absolute Gasteiger partial charge is 0.628 e. The van der Waals surface area contributed by atoms with Crippen molar-refractivity contribution < 1.29 is 14.7 Å². The van der Waals surface area contributed by atoms with Crippen LogP contribution in [0.4, 0.5) is 5.69 Å². The number of quaternary nitrogens is 1. The normalized spacial score (nSPS) is 20.1. The number of hydrogen-bond acceptors (Lipinski definition) is 3. The molecular formula is C17H23N3O3. The Labute approximate surface area is 135 Å². The molecule has 1 aromatic heterocycles. The summed E-state index contributed by atoms with van der Waals surface area (Å²) >= 11 is 0. The number of aromatic nitrogens is 1. The Morgan fingerprint density at radius 3 is 2.70 bits per heavy atom. The topological polar surface area (TPSA) is 103 Å². The number of ketones is 1. The zero-order valence-corrected chi connectivity index (χ0v) is 13.7. The van der Waals surface area contributed by atoms with Gasteiger partial charge in [0, 0.05) is 43.1 Å². The highest BCUT2D eigenvalue weighted by Crippen LogP contribution is 2.28. The van der Waals surface area contributed by atoms with Crippen molar-refractivity contribution >= 4 is 28.2 Å². The Morgan fingerprint density at radius 2 is 2.09 bits per heavy atom. The van der Waals surface area contributed by atoms with Crippen LogP contribution in [0.15, 0.2) is 24.5 Å². The van der Waals surface area contributed by atoms with Crippen molar-refractivity contribution in [3.05, 3.63) is 35.3 Å². The van der Waals surface area contributed by atoms with E-state index >= 15 is 0 Å². The average Bonchev–Trinajstić information content (AvgIpc) is 2.90. The lowest BCUT2D eigenvalue weighted by atomic mass is 9.90. The number of H-pyrrole nitrogens is 1. The van der Waals surface area contributed by atoms with Crippen LogP contribution in [-0.2, 0) is 16.0 Å². The van der Waals surface area contributed by atoms with Crippen LogP contribution in [0, 0.1) is 11.1 Å². The molecule has 0 saturated heterocycles. The van der Waals surface area contributed by atoms with Crippen LogP contribution in [-0.4, -0.2) is 22.7 Å². The van der Waals surface area contributed by atoms with E-state index in [0.29, 0.717) is 18.8 Å². The summed E-state index contributed by atoms with van der Waals surface area (Å²) < 4.78 is 0. The predicted molar refractivity (Wildman–Crippen MR) is 89.1 cm³/mol. The third-order valence-electron chi connectivity index (χ3n) is 3.86. The van der Waals surface area contributed by atoms with E-state index < -0.39 is 6.04 Å². The lowest BCUT2D eigenvalue weighted by Gasteiger charge is -2.36. The number of fused-ring (bicyclic) bond motifs is 3. The van der Waals surface area contributed by atoms with E-state index in [4.69, 9.17) is 0 Å². The molecule has 1 aromatic carbocycles. The summed E-state index contributed by atoms with van der Waals surface area (Å²) in [5.41, 5.74) is 6.10. The molecular weight excluding hydrogens is 294 g/mol. The second-order valence-electron chi connectivity index (χ2n) is 6.36. The van der Waals surface area contributed by atoms with Crippen LogP contribution in [0.5, 0.6) is 0 Å². The molecule has 4 N–H and O–H groups in total. The number of nitrogens with one attached hydrogen (secondary N) is 2. The van der Waals surface area contributed by atoms with Gasteiger partial charge in [0.2, 0.25) is 5.91 Å². The van der Waals surface area contributed by atoms with E-state index in [1.165, 1.54) is 6.92 Å². The number of amides is 1. The Morgan fingerprint density at radius 1 is 1.43 bits per heavy atom. The van der Waals surface area contributed by atoms with Gasteiger partial charge in [0.25, 0.3) is 0 Å². The summed E-state index contributed by atoms with van der Waals surface area (Å²) in [5, 5.41) is 14.6. The van der Waals surface area contributed by atoms with Crippen LogP contribution in [0.1, 0.15) is 32.8 Å². The molecule has 2 heterocycles. The van der Waals surface area contributed by atoms with Crippen molar-refractivity contribution in [2.45, 2.75) is 39.7 Å². The molecule has 2 aromatic rings. The van der Waals surface area contributed by atoms with Gasteiger partial charge in [0.1, 0.15) is 5.69 Å². The molecule has 0 saturated carbocycles. The Hall–Kier alpha value is -2.18. The highest BCUT2D eigenvalue weighted by atomic mass is 16.5. The Bertz CT molecular complexity index is 717. The van der Waals surface area contributed by atoms with Gasteiger partial charge in [-0.2, -0.15) is 0 Å². The van der Waals surface area contributed by atoms with E-state index in [1.54, 1.807) is 0 Å². The number of carbonyl (C=O) groups is 2. The smallest absolute Gasteiger partial charge is 0.214 e. The zero-order chi connectivity index (χ0) is 17.1. The van der Waals surface area contributed by atoms with Gasteiger partial charge in [0.05, 0.1) is 5.39 Å². The molecule has 1 aliphatic rings. The molecule has 6 heteroatoms. The first-order valence-corrected chi connectivity index (χ1v) is 7.72. The molecule has 0 fully saturated rings. The molecule has 2 atom stereocenters. The van der Waals surface area contributed by atoms with Gasteiger partial charge in [-0.25, -0.2) is 0 Å². The third kappa shape index (κ3) is 3.78. The van der Waals surface area contributed by atoms with Crippen LogP contribution in [0.25, 0.3) is 10.8 Å². The number of hydroxylamine groups is 1. The molecule has 2 unspecified atom stereocenters. The van der Waals surface area contributed by atoms with Crippen molar-refractivity contribution in [1.29, 1.82) is 0 Å². The van der Waals surface area contributed by atoms with E-state index in [0.717, 1.165) is 22.0 Å². The summed E-state index contributed by atoms with van der Waals surface area (Å²) in [6, 6.07) is 3.42. The van der Waals surface area contributed by atoms with Crippen LogP contribution < -0.4 is 10.8 Å². The van der Waals surface area contributed by atoms with E-state index in [9.17, 15) is 14.8 Å². The van der Waals surface area contributed by atoms with Gasteiger partial charge in [-0.1, -0.05) is 26.0 Å². The van der Waals surface area contributed by atoms with Crippen molar-refractivity contribution in [3.8, 4) is 0 Å². The van der Waals surface area contributed by atoms with E-state index in [1.807, 2.05) is 38.4 Å². The number of Topliss-reactive ketones (excluding diaryl/α,β-unsaturated/α-hetero) is 1. The van der Waals surface area contributed by atoms with Crippen molar-refractivity contribution in [3.63, 3.8) is 0 Å². The van der Waals surface area contributed by atoms with Crippen LogP contribution >= 0.6 is 0 Å². The fraction of sp³-hybridized carbons (Fsp3) is 0.412. The minimum Gasteiger partial charge on any atom is -0.628 e. The molecule has 23 heavy (non-hydrogen) atoms. The number of aromatic amines is 1. The molecule has 3 rings (SSSR count). The summed E-state index contributed by atoms with van der Waals surface area (Å²) in [6.07, 6.45) is 4.78. The molecule has 0 radical (unpaired) electrons. The van der Waals surface area contributed by atoms with Gasteiger partial charge in [0.15, 0.2) is 11.8 Å². The second kappa shape index (κ2) is 6.93. The number of primary amides is 1. The summed E-state index contributed by atoms with van der Waals surface area (Å²) in [4.78, 5) is 24.4. The quantitative estimate of drug-likeness (QED) is 0.725.